The molecule has 0 aromatic heterocycles. The Morgan fingerprint density at radius 1 is 1.60 bits per heavy atom. The van der Waals surface area contributed by atoms with Crippen molar-refractivity contribution in [3.8, 4) is 0 Å². The summed E-state index contributed by atoms with van der Waals surface area (Å²) in [6.07, 6.45) is 10.6. The highest BCUT2D eigenvalue weighted by Crippen LogP contribution is 2.15. The monoisotopic (exact) mass is 207 g/mol. The molecule has 3 heteroatoms. The van der Waals surface area contributed by atoms with Gasteiger partial charge in [0.05, 0.1) is 0 Å². The Hall–Kier alpha value is -1.35. The van der Waals surface area contributed by atoms with E-state index >= 15 is 0 Å². The van der Waals surface area contributed by atoms with Crippen molar-refractivity contribution in [1.82, 2.24) is 0 Å². The second-order valence-corrected chi connectivity index (χ2v) is 3.55. The quantitative estimate of drug-likeness (QED) is 0.556. The fourth-order valence-corrected chi connectivity index (χ4v) is 1.37. The average Bonchev–Trinajstić information content (AvgIpc) is 2.27. The van der Waals surface area contributed by atoms with Crippen molar-refractivity contribution < 1.29 is 9.63 Å². The maximum Gasteiger partial charge on any atom is 0.155 e. The SMILES string of the molecule is CCCCC(=O)/C=C1/C=CC(ON)=CC1. The van der Waals surface area contributed by atoms with Gasteiger partial charge in [-0.25, -0.2) is 0 Å². The largest absolute Gasteiger partial charge is 0.412 e. The summed E-state index contributed by atoms with van der Waals surface area (Å²) in [5.41, 5.74) is 1.01. The third kappa shape index (κ3) is 4.13. The maximum absolute atomic E-state index is 11.4. The molecule has 0 saturated carbocycles. The Labute approximate surface area is 90.2 Å². The van der Waals surface area contributed by atoms with Crippen molar-refractivity contribution in [3.63, 3.8) is 0 Å². The van der Waals surface area contributed by atoms with E-state index in [-0.39, 0.29) is 5.78 Å². The summed E-state index contributed by atoms with van der Waals surface area (Å²) in [4.78, 5) is 16.0. The number of unbranched alkanes of at least 4 members (excludes halogenated alkanes) is 1. The van der Waals surface area contributed by atoms with Gasteiger partial charge >= 0.3 is 0 Å². The molecule has 2 N–H and O–H groups in total. The zero-order valence-electron chi connectivity index (χ0n) is 9.03. The van der Waals surface area contributed by atoms with Crippen LogP contribution in [0.15, 0.2) is 35.6 Å². The van der Waals surface area contributed by atoms with E-state index in [1.165, 1.54) is 0 Å². The van der Waals surface area contributed by atoms with Gasteiger partial charge in [0.25, 0.3) is 0 Å². The van der Waals surface area contributed by atoms with Gasteiger partial charge in [-0.05, 0) is 36.6 Å². The fraction of sp³-hybridized carbons (Fsp3) is 0.417. The van der Waals surface area contributed by atoms with Crippen molar-refractivity contribution in [1.29, 1.82) is 0 Å². The van der Waals surface area contributed by atoms with Gasteiger partial charge in [0.1, 0.15) is 5.76 Å². The molecule has 0 amide bonds. The number of rotatable bonds is 5. The lowest BCUT2D eigenvalue weighted by Gasteiger charge is -2.06. The van der Waals surface area contributed by atoms with Crippen LogP contribution in [0.2, 0.25) is 0 Å². The second kappa shape index (κ2) is 6.19. The first-order valence-electron chi connectivity index (χ1n) is 5.24. The van der Waals surface area contributed by atoms with E-state index in [2.05, 4.69) is 11.8 Å². The van der Waals surface area contributed by atoms with Gasteiger partial charge in [-0.15, -0.1) is 0 Å². The minimum absolute atomic E-state index is 0.196. The van der Waals surface area contributed by atoms with Crippen molar-refractivity contribution in [2.45, 2.75) is 32.6 Å². The molecular formula is C12H17NO2. The van der Waals surface area contributed by atoms with Crippen LogP contribution in [0.25, 0.3) is 0 Å². The molecule has 1 rings (SSSR count). The number of hydrogen-bond acceptors (Lipinski definition) is 3. The highest BCUT2D eigenvalue weighted by Gasteiger charge is 2.03. The van der Waals surface area contributed by atoms with Crippen LogP contribution in [0, 0.1) is 0 Å². The van der Waals surface area contributed by atoms with Gasteiger partial charge in [-0.2, -0.15) is 5.90 Å². The van der Waals surface area contributed by atoms with Crippen LogP contribution in [-0.2, 0) is 9.63 Å². The number of carbonyl (C=O) groups is 1. The van der Waals surface area contributed by atoms with Gasteiger partial charge < -0.3 is 4.84 Å². The molecule has 0 atom stereocenters. The Balaban J connectivity index is 2.47. The molecule has 0 radical (unpaired) electrons. The van der Waals surface area contributed by atoms with Crippen LogP contribution in [0.4, 0.5) is 0 Å². The smallest absolute Gasteiger partial charge is 0.155 e. The first-order valence-corrected chi connectivity index (χ1v) is 5.24. The molecule has 82 valence electrons. The minimum Gasteiger partial charge on any atom is -0.412 e. The molecule has 3 nitrogen and oxygen atoms in total. The van der Waals surface area contributed by atoms with Gasteiger partial charge in [0, 0.05) is 6.42 Å². The standard InChI is InChI=1S/C12H17NO2/c1-2-3-4-11(14)9-10-5-7-12(15-13)8-6-10/h5,7-9H,2-4,6,13H2,1H3/b10-9-. The van der Waals surface area contributed by atoms with E-state index in [9.17, 15) is 4.79 Å². The molecule has 0 aromatic rings. The molecule has 15 heavy (non-hydrogen) atoms. The Morgan fingerprint density at radius 2 is 2.40 bits per heavy atom. The van der Waals surface area contributed by atoms with E-state index < -0.39 is 0 Å². The van der Waals surface area contributed by atoms with Crippen LogP contribution < -0.4 is 5.90 Å². The predicted molar refractivity (Wildman–Crippen MR) is 59.7 cm³/mol. The summed E-state index contributed by atoms with van der Waals surface area (Å²) >= 11 is 0. The van der Waals surface area contributed by atoms with Gasteiger partial charge in [0.2, 0.25) is 0 Å². The zero-order valence-corrected chi connectivity index (χ0v) is 9.03. The van der Waals surface area contributed by atoms with Crippen LogP contribution in [-0.4, -0.2) is 5.78 Å². The molecule has 0 heterocycles. The number of nitrogens with two attached hydrogens (primary N) is 1. The first-order chi connectivity index (χ1) is 7.26. The number of hydrogen-bond donors (Lipinski definition) is 1. The molecule has 0 saturated heterocycles. The van der Waals surface area contributed by atoms with Crippen LogP contribution in [0.1, 0.15) is 32.6 Å². The molecule has 1 aliphatic carbocycles. The number of carbonyl (C=O) groups excluding carboxylic acids is 1. The van der Waals surface area contributed by atoms with Crippen LogP contribution in [0.5, 0.6) is 0 Å². The van der Waals surface area contributed by atoms with Gasteiger partial charge in [-0.1, -0.05) is 19.4 Å². The summed E-state index contributed by atoms with van der Waals surface area (Å²) < 4.78 is 0. The van der Waals surface area contributed by atoms with Crippen molar-refractivity contribution >= 4 is 5.78 Å². The summed E-state index contributed by atoms with van der Waals surface area (Å²) in [7, 11) is 0. The second-order valence-electron chi connectivity index (χ2n) is 3.55. The molecular weight excluding hydrogens is 190 g/mol. The van der Waals surface area contributed by atoms with E-state index in [0.717, 1.165) is 18.4 Å². The summed E-state index contributed by atoms with van der Waals surface area (Å²) in [6, 6.07) is 0. The van der Waals surface area contributed by atoms with E-state index in [4.69, 9.17) is 5.90 Å². The summed E-state index contributed by atoms with van der Waals surface area (Å²) in [5.74, 6) is 5.85. The topological polar surface area (TPSA) is 52.3 Å². The van der Waals surface area contributed by atoms with Gasteiger partial charge in [-0.3, -0.25) is 4.79 Å². The number of allylic oxidation sites excluding steroid dienone is 5. The zero-order chi connectivity index (χ0) is 11.1. The van der Waals surface area contributed by atoms with Crippen molar-refractivity contribution in [2.24, 2.45) is 5.90 Å². The number of ketones is 1. The molecule has 1 aliphatic rings. The van der Waals surface area contributed by atoms with Gasteiger partial charge in [0.15, 0.2) is 5.78 Å². The summed E-state index contributed by atoms with van der Waals surface area (Å²) in [5, 5.41) is 0. The molecule has 0 unspecified atom stereocenters. The average molecular weight is 207 g/mol. The molecule has 0 aromatic carbocycles. The third-order valence-corrected chi connectivity index (χ3v) is 2.26. The molecule has 0 spiro atoms. The highest BCUT2D eigenvalue weighted by atomic mass is 16.6. The lowest BCUT2D eigenvalue weighted by atomic mass is 10.0. The molecule has 0 aliphatic heterocycles. The van der Waals surface area contributed by atoms with E-state index in [0.29, 0.717) is 18.6 Å². The van der Waals surface area contributed by atoms with Crippen molar-refractivity contribution in [2.75, 3.05) is 0 Å². The Morgan fingerprint density at radius 3 is 2.93 bits per heavy atom. The van der Waals surface area contributed by atoms with Crippen molar-refractivity contribution in [3.05, 3.63) is 35.6 Å². The fourth-order valence-electron chi connectivity index (χ4n) is 1.37. The Bertz CT molecular complexity index is 314. The molecule has 0 bridgehead atoms. The lowest BCUT2D eigenvalue weighted by Crippen LogP contribution is -2.00. The van der Waals surface area contributed by atoms with E-state index in [1.807, 2.05) is 12.2 Å². The maximum atomic E-state index is 11.4. The first kappa shape index (κ1) is 11.7. The lowest BCUT2D eigenvalue weighted by molar-refractivity contribution is -0.114. The Kier molecular flexibility index (Phi) is 4.84. The van der Waals surface area contributed by atoms with Crippen LogP contribution >= 0.6 is 0 Å². The third-order valence-electron chi connectivity index (χ3n) is 2.26. The summed E-state index contributed by atoms with van der Waals surface area (Å²) in [6.45, 7) is 2.08. The predicted octanol–water partition coefficient (Wildman–Crippen LogP) is 2.41. The normalized spacial score (nSPS) is 17.7. The highest BCUT2D eigenvalue weighted by molar-refractivity contribution is 5.90. The molecule has 0 fully saturated rings. The van der Waals surface area contributed by atoms with Crippen LogP contribution in [0.3, 0.4) is 0 Å². The minimum atomic E-state index is 0.196. The van der Waals surface area contributed by atoms with E-state index in [1.54, 1.807) is 12.2 Å².